The Morgan fingerprint density at radius 1 is 1.26 bits per heavy atom. The lowest BCUT2D eigenvalue weighted by Crippen LogP contribution is -2.38. The Kier molecular flexibility index (Phi) is 11.1. The maximum Gasteiger partial charge on any atom is 0.191 e. The molecule has 1 aliphatic carbocycles. The Morgan fingerprint density at radius 3 is 2.78 bits per heavy atom. The predicted molar refractivity (Wildman–Crippen MR) is 107 cm³/mol. The predicted octanol–water partition coefficient (Wildman–Crippen LogP) is 3.42. The van der Waals surface area contributed by atoms with Crippen LogP contribution in [0.1, 0.15) is 51.9 Å². The zero-order valence-electron chi connectivity index (χ0n) is 14.3. The van der Waals surface area contributed by atoms with Crippen molar-refractivity contribution >= 4 is 29.9 Å². The van der Waals surface area contributed by atoms with E-state index < -0.39 is 0 Å². The molecule has 0 bridgehead atoms. The molecule has 6 heteroatoms. The molecule has 5 nitrogen and oxygen atoms in total. The van der Waals surface area contributed by atoms with Gasteiger partial charge >= 0.3 is 0 Å². The fourth-order valence-corrected chi connectivity index (χ4v) is 3.07. The summed E-state index contributed by atoms with van der Waals surface area (Å²) in [6.45, 7) is 5.82. The van der Waals surface area contributed by atoms with Gasteiger partial charge in [0.25, 0.3) is 0 Å². The van der Waals surface area contributed by atoms with Gasteiger partial charge in [0.05, 0.1) is 0 Å². The van der Waals surface area contributed by atoms with Crippen molar-refractivity contribution in [2.45, 2.75) is 58.4 Å². The lowest BCUT2D eigenvalue weighted by atomic mass is 9.87. The SMILES string of the molecule is CCNC(=NCCCn1cccn1)NCCC1CCCCC1.I. The van der Waals surface area contributed by atoms with E-state index in [0.717, 1.165) is 44.5 Å². The monoisotopic (exact) mass is 433 g/mol. The van der Waals surface area contributed by atoms with Crippen LogP contribution in [0.2, 0.25) is 0 Å². The van der Waals surface area contributed by atoms with E-state index in [1.165, 1.54) is 38.5 Å². The van der Waals surface area contributed by atoms with E-state index >= 15 is 0 Å². The fourth-order valence-electron chi connectivity index (χ4n) is 3.07. The standard InChI is InChI=1S/C17H31N5.HI/c1-2-18-17(19-11-6-14-22-15-7-12-21-22)20-13-10-16-8-4-3-5-9-16;/h7,12,15-16H,2-6,8-11,13-14H2,1H3,(H2,18,19,20);1H. The van der Waals surface area contributed by atoms with Crippen molar-refractivity contribution in [1.29, 1.82) is 0 Å². The molecule has 1 aromatic heterocycles. The van der Waals surface area contributed by atoms with Gasteiger partial charge in [-0.15, -0.1) is 24.0 Å². The number of nitrogens with one attached hydrogen (secondary N) is 2. The molecule has 1 saturated carbocycles. The summed E-state index contributed by atoms with van der Waals surface area (Å²) in [4.78, 5) is 4.65. The Morgan fingerprint density at radius 2 is 2.09 bits per heavy atom. The molecule has 0 spiro atoms. The highest BCUT2D eigenvalue weighted by atomic mass is 127. The number of aliphatic imine (C=N–C) groups is 1. The molecule has 2 N–H and O–H groups in total. The maximum absolute atomic E-state index is 4.65. The van der Waals surface area contributed by atoms with Gasteiger partial charge in [-0.2, -0.15) is 5.10 Å². The highest BCUT2D eigenvalue weighted by Crippen LogP contribution is 2.25. The number of aryl methyl sites for hydroxylation is 1. The Balaban J connectivity index is 0.00000264. The van der Waals surface area contributed by atoms with Gasteiger partial charge in [-0.05, 0) is 31.7 Å². The minimum absolute atomic E-state index is 0. The Hall–Kier alpha value is -0.790. The Bertz CT molecular complexity index is 413. The first-order valence-corrected chi connectivity index (χ1v) is 8.88. The van der Waals surface area contributed by atoms with Crippen LogP contribution in [-0.4, -0.2) is 35.4 Å². The number of guanidine groups is 1. The summed E-state index contributed by atoms with van der Waals surface area (Å²) < 4.78 is 1.96. The second-order valence-electron chi connectivity index (χ2n) is 6.10. The number of hydrogen-bond acceptors (Lipinski definition) is 2. The molecule has 0 radical (unpaired) electrons. The van der Waals surface area contributed by atoms with Crippen molar-refractivity contribution in [2.75, 3.05) is 19.6 Å². The third-order valence-corrected chi connectivity index (χ3v) is 4.29. The summed E-state index contributed by atoms with van der Waals surface area (Å²) in [7, 11) is 0. The molecule has 1 aliphatic rings. The molecule has 0 aliphatic heterocycles. The lowest BCUT2D eigenvalue weighted by Gasteiger charge is -2.22. The van der Waals surface area contributed by atoms with Gasteiger partial charge < -0.3 is 10.6 Å². The highest BCUT2D eigenvalue weighted by Gasteiger charge is 2.12. The first-order valence-electron chi connectivity index (χ1n) is 8.88. The average Bonchev–Trinajstić information content (AvgIpc) is 3.06. The normalized spacial score (nSPS) is 16.0. The van der Waals surface area contributed by atoms with Crippen LogP contribution in [0.4, 0.5) is 0 Å². The highest BCUT2D eigenvalue weighted by molar-refractivity contribution is 14.0. The van der Waals surface area contributed by atoms with Crippen LogP contribution in [0.3, 0.4) is 0 Å². The van der Waals surface area contributed by atoms with E-state index in [2.05, 4.69) is 27.6 Å². The van der Waals surface area contributed by atoms with Crippen LogP contribution in [0.15, 0.2) is 23.5 Å². The molecule has 0 unspecified atom stereocenters. The van der Waals surface area contributed by atoms with Gasteiger partial charge in [-0.25, -0.2) is 0 Å². The van der Waals surface area contributed by atoms with Gasteiger partial charge in [0.15, 0.2) is 5.96 Å². The number of aromatic nitrogens is 2. The third-order valence-electron chi connectivity index (χ3n) is 4.29. The molecule has 132 valence electrons. The van der Waals surface area contributed by atoms with Crippen LogP contribution >= 0.6 is 24.0 Å². The van der Waals surface area contributed by atoms with Crippen molar-refractivity contribution < 1.29 is 0 Å². The van der Waals surface area contributed by atoms with E-state index in [1.54, 1.807) is 0 Å². The average molecular weight is 433 g/mol. The van der Waals surface area contributed by atoms with Crippen LogP contribution in [0.25, 0.3) is 0 Å². The molecule has 1 fully saturated rings. The second-order valence-corrected chi connectivity index (χ2v) is 6.10. The molecule has 0 amide bonds. The molecule has 0 atom stereocenters. The summed E-state index contributed by atoms with van der Waals surface area (Å²) >= 11 is 0. The summed E-state index contributed by atoms with van der Waals surface area (Å²) in [5.41, 5.74) is 0. The maximum atomic E-state index is 4.65. The molecule has 23 heavy (non-hydrogen) atoms. The molecule has 2 rings (SSSR count). The molecule has 0 aromatic carbocycles. The molecule has 0 saturated heterocycles. The van der Waals surface area contributed by atoms with Crippen molar-refractivity contribution in [3.05, 3.63) is 18.5 Å². The molecule has 1 aromatic rings. The van der Waals surface area contributed by atoms with Crippen LogP contribution < -0.4 is 10.6 Å². The number of rotatable bonds is 8. The van der Waals surface area contributed by atoms with Crippen LogP contribution in [0, 0.1) is 5.92 Å². The summed E-state index contributed by atoms with van der Waals surface area (Å²) in [5.74, 6) is 1.88. The molecular weight excluding hydrogens is 401 g/mol. The van der Waals surface area contributed by atoms with Gasteiger partial charge in [-0.3, -0.25) is 9.67 Å². The van der Waals surface area contributed by atoms with Crippen LogP contribution in [0.5, 0.6) is 0 Å². The van der Waals surface area contributed by atoms with Crippen molar-refractivity contribution in [3.8, 4) is 0 Å². The van der Waals surface area contributed by atoms with Gasteiger partial charge in [-0.1, -0.05) is 32.1 Å². The lowest BCUT2D eigenvalue weighted by molar-refractivity contribution is 0.339. The number of nitrogens with zero attached hydrogens (tertiary/aromatic N) is 3. The Labute approximate surface area is 157 Å². The van der Waals surface area contributed by atoms with Crippen molar-refractivity contribution in [2.24, 2.45) is 10.9 Å². The largest absolute Gasteiger partial charge is 0.357 e. The minimum atomic E-state index is 0. The smallest absolute Gasteiger partial charge is 0.191 e. The number of halogens is 1. The van der Waals surface area contributed by atoms with Crippen molar-refractivity contribution in [3.63, 3.8) is 0 Å². The van der Waals surface area contributed by atoms with Gasteiger partial charge in [0.1, 0.15) is 0 Å². The van der Waals surface area contributed by atoms with Crippen LogP contribution in [-0.2, 0) is 6.54 Å². The van der Waals surface area contributed by atoms with Gasteiger partial charge in [0, 0.05) is 38.6 Å². The topological polar surface area (TPSA) is 54.2 Å². The zero-order valence-corrected chi connectivity index (χ0v) is 16.7. The minimum Gasteiger partial charge on any atom is -0.357 e. The summed E-state index contributed by atoms with van der Waals surface area (Å²) in [6.07, 6.45) is 13.2. The summed E-state index contributed by atoms with van der Waals surface area (Å²) in [5, 5.41) is 11.0. The molecular formula is C17H32IN5. The fraction of sp³-hybridized carbons (Fsp3) is 0.765. The number of hydrogen-bond donors (Lipinski definition) is 2. The zero-order chi connectivity index (χ0) is 15.5. The van der Waals surface area contributed by atoms with E-state index in [1.807, 2.05) is 23.1 Å². The van der Waals surface area contributed by atoms with Gasteiger partial charge in [0.2, 0.25) is 0 Å². The first-order chi connectivity index (χ1) is 10.9. The quantitative estimate of drug-likeness (QED) is 0.286. The second kappa shape index (κ2) is 12.6. The van der Waals surface area contributed by atoms with E-state index in [0.29, 0.717) is 0 Å². The summed E-state index contributed by atoms with van der Waals surface area (Å²) in [6, 6.07) is 1.96. The first kappa shape index (κ1) is 20.3. The van der Waals surface area contributed by atoms with E-state index in [9.17, 15) is 0 Å². The molecule has 1 heterocycles. The third kappa shape index (κ3) is 8.58. The van der Waals surface area contributed by atoms with E-state index in [-0.39, 0.29) is 24.0 Å². The van der Waals surface area contributed by atoms with Crippen molar-refractivity contribution in [1.82, 2.24) is 20.4 Å². The van der Waals surface area contributed by atoms with E-state index in [4.69, 9.17) is 0 Å².